The minimum absolute atomic E-state index is 0.0733. The standard InChI is InChI=1S/C27H31NO3/c1-17-27(31-25(30)28(17)19-6-4-3-5-7-19)15-13-24-23-10-8-18-16-20(29)9-11-21(18)22(23)12-14-26(24,27)2/h3-7,16,21-24H,1,8-15H2,2H3/t21-,22+,23+,24-,26-,27+/m0/s1. The molecule has 1 spiro atoms. The second-order valence-corrected chi connectivity index (χ2v) is 10.6. The topological polar surface area (TPSA) is 46.6 Å². The third-order valence-electron chi connectivity index (χ3n) is 9.61. The van der Waals surface area contributed by atoms with Crippen molar-refractivity contribution in [3.05, 3.63) is 54.3 Å². The van der Waals surface area contributed by atoms with Crippen LogP contribution in [0.1, 0.15) is 58.3 Å². The maximum absolute atomic E-state index is 13.1. The molecule has 1 saturated heterocycles. The molecule has 3 saturated carbocycles. The molecule has 5 aliphatic rings. The number of ketones is 1. The lowest BCUT2D eigenvalue weighted by Crippen LogP contribution is -2.53. The van der Waals surface area contributed by atoms with Crippen LogP contribution in [0.15, 0.2) is 54.3 Å². The van der Waals surface area contributed by atoms with E-state index in [1.165, 1.54) is 12.0 Å². The normalized spacial score (nSPS) is 41.5. The Bertz CT molecular complexity index is 997. The Kier molecular flexibility index (Phi) is 4.10. The molecule has 6 atom stereocenters. The van der Waals surface area contributed by atoms with E-state index in [1.54, 1.807) is 4.90 Å². The van der Waals surface area contributed by atoms with Crippen LogP contribution in [-0.4, -0.2) is 17.5 Å². The SMILES string of the molecule is C=C1N(c2ccccc2)C(=O)O[C@]12CC[C@H]1[C@@H]3CCC4=CC(=O)CC[C@@H]4[C@H]3CC[C@@]12C. The monoisotopic (exact) mass is 417 g/mol. The number of hydrogen-bond acceptors (Lipinski definition) is 3. The maximum Gasteiger partial charge on any atom is 0.419 e. The first-order valence-corrected chi connectivity index (χ1v) is 12.0. The van der Waals surface area contributed by atoms with Gasteiger partial charge in [-0.2, -0.15) is 0 Å². The van der Waals surface area contributed by atoms with Gasteiger partial charge in [0, 0.05) is 11.8 Å². The number of fused-ring (bicyclic) bond motifs is 6. The van der Waals surface area contributed by atoms with E-state index in [1.807, 2.05) is 36.4 Å². The lowest BCUT2D eigenvalue weighted by molar-refractivity contribution is -0.116. The van der Waals surface area contributed by atoms with Gasteiger partial charge >= 0.3 is 6.09 Å². The first-order valence-electron chi connectivity index (χ1n) is 12.0. The molecule has 6 rings (SSSR count). The molecule has 162 valence electrons. The van der Waals surface area contributed by atoms with Crippen molar-refractivity contribution in [2.75, 3.05) is 4.90 Å². The Morgan fingerprint density at radius 2 is 1.81 bits per heavy atom. The van der Waals surface area contributed by atoms with Crippen molar-refractivity contribution in [2.45, 2.75) is 63.9 Å². The van der Waals surface area contributed by atoms with Crippen LogP contribution < -0.4 is 4.90 Å². The summed E-state index contributed by atoms with van der Waals surface area (Å²) in [4.78, 5) is 26.7. The second kappa shape index (κ2) is 6.57. The number of anilines is 1. The van der Waals surface area contributed by atoms with Gasteiger partial charge in [0.15, 0.2) is 11.4 Å². The molecule has 0 radical (unpaired) electrons. The summed E-state index contributed by atoms with van der Waals surface area (Å²) in [5, 5.41) is 0. The largest absolute Gasteiger partial charge is 0.435 e. The predicted molar refractivity (Wildman–Crippen MR) is 119 cm³/mol. The van der Waals surface area contributed by atoms with E-state index in [-0.39, 0.29) is 11.5 Å². The molecular weight excluding hydrogens is 386 g/mol. The maximum atomic E-state index is 13.1. The van der Waals surface area contributed by atoms with E-state index in [0.717, 1.165) is 49.9 Å². The first-order chi connectivity index (χ1) is 14.9. The number of carbonyl (C=O) groups excluding carboxylic acids is 2. The highest BCUT2D eigenvalue weighted by molar-refractivity contribution is 5.95. The molecule has 1 aromatic carbocycles. The van der Waals surface area contributed by atoms with Crippen LogP contribution in [0, 0.1) is 29.1 Å². The molecule has 4 heteroatoms. The predicted octanol–water partition coefficient (Wildman–Crippen LogP) is 6.04. The smallest absolute Gasteiger partial charge is 0.419 e. The van der Waals surface area contributed by atoms with Gasteiger partial charge in [-0.25, -0.2) is 9.69 Å². The van der Waals surface area contributed by atoms with E-state index in [9.17, 15) is 9.59 Å². The van der Waals surface area contributed by atoms with Crippen molar-refractivity contribution in [1.29, 1.82) is 0 Å². The summed E-state index contributed by atoms with van der Waals surface area (Å²) in [6, 6.07) is 9.77. The minimum Gasteiger partial charge on any atom is -0.435 e. The first kappa shape index (κ1) is 19.3. The molecule has 4 fully saturated rings. The molecule has 31 heavy (non-hydrogen) atoms. The average Bonchev–Trinajstić information content (AvgIpc) is 3.21. The lowest BCUT2D eigenvalue weighted by Gasteiger charge is -2.55. The summed E-state index contributed by atoms with van der Waals surface area (Å²) >= 11 is 0. The zero-order valence-electron chi connectivity index (χ0n) is 18.3. The lowest BCUT2D eigenvalue weighted by atomic mass is 9.50. The highest BCUT2D eigenvalue weighted by atomic mass is 16.6. The fraction of sp³-hybridized carbons (Fsp3) is 0.556. The molecule has 1 amide bonds. The van der Waals surface area contributed by atoms with Crippen molar-refractivity contribution in [3.63, 3.8) is 0 Å². The number of ether oxygens (including phenoxy) is 1. The van der Waals surface area contributed by atoms with Crippen molar-refractivity contribution >= 4 is 17.6 Å². The Morgan fingerprint density at radius 3 is 2.61 bits per heavy atom. The van der Waals surface area contributed by atoms with Crippen molar-refractivity contribution < 1.29 is 14.3 Å². The molecular formula is C27H31NO3. The van der Waals surface area contributed by atoms with Gasteiger partial charge in [0.05, 0.1) is 11.4 Å². The Balaban J connectivity index is 1.33. The van der Waals surface area contributed by atoms with E-state index >= 15 is 0 Å². The molecule has 4 aliphatic carbocycles. The number of carbonyl (C=O) groups is 2. The van der Waals surface area contributed by atoms with Crippen LogP contribution in [0.4, 0.5) is 10.5 Å². The van der Waals surface area contributed by atoms with Gasteiger partial charge in [0.1, 0.15) is 0 Å². The Labute approximate surface area is 184 Å². The molecule has 0 N–H and O–H groups in total. The summed E-state index contributed by atoms with van der Waals surface area (Å²) in [6.45, 7) is 6.81. The fourth-order valence-corrected chi connectivity index (χ4v) is 8.20. The van der Waals surface area contributed by atoms with Crippen LogP contribution in [0.3, 0.4) is 0 Å². The number of amides is 1. The van der Waals surface area contributed by atoms with Gasteiger partial charge in [-0.15, -0.1) is 0 Å². The summed E-state index contributed by atoms with van der Waals surface area (Å²) < 4.78 is 6.29. The van der Waals surface area contributed by atoms with Crippen LogP contribution >= 0.6 is 0 Å². The van der Waals surface area contributed by atoms with Gasteiger partial charge in [0.2, 0.25) is 0 Å². The molecule has 0 aromatic heterocycles. The molecule has 4 nitrogen and oxygen atoms in total. The molecule has 0 bridgehead atoms. The molecule has 1 aliphatic heterocycles. The summed E-state index contributed by atoms with van der Waals surface area (Å²) in [7, 11) is 0. The third-order valence-corrected chi connectivity index (χ3v) is 9.61. The van der Waals surface area contributed by atoms with Crippen molar-refractivity contribution in [2.24, 2.45) is 29.1 Å². The van der Waals surface area contributed by atoms with Gasteiger partial charge in [-0.05, 0) is 86.8 Å². The number of para-hydroxylation sites is 1. The molecule has 1 heterocycles. The summed E-state index contributed by atoms with van der Waals surface area (Å²) in [5.74, 6) is 2.79. The minimum atomic E-state index is -0.589. The number of nitrogens with zero attached hydrogens (tertiary/aromatic N) is 1. The van der Waals surface area contributed by atoms with Gasteiger partial charge in [0.25, 0.3) is 0 Å². The van der Waals surface area contributed by atoms with Gasteiger partial charge in [-0.1, -0.05) is 37.3 Å². The van der Waals surface area contributed by atoms with E-state index < -0.39 is 5.60 Å². The van der Waals surface area contributed by atoms with Crippen LogP contribution in [0.5, 0.6) is 0 Å². The van der Waals surface area contributed by atoms with Crippen LogP contribution in [0.25, 0.3) is 0 Å². The number of hydrogen-bond donors (Lipinski definition) is 0. The quantitative estimate of drug-likeness (QED) is 0.560. The Hall–Kier alpha value is -2.36. The Morgan fingerprint density at radius 1 is 1.00 bits per heavy atom. The molecule has 0 unspecified atom stereocenters. The van der Waals surface area contributed by atoms with Crippen LogP contribution in [-0.2, 0) is 9.53 Å². The summed E-state index contributed by atoms with van der Waals surface area (Å²) in [5.41, 5.74) is 2.42. The zero-order valence-corrected chi connectivity index (χ0v) is 18.3. The van der Waals surface area contributed by atoms with E-state index in [2.05, 4.69) is 13.5 Å². The van der Waals surface area contributed by atoms with Crippen LogP contribution in [0.2, 0.25) is 0 Å². The third kappa shape index (κ3) is 2.48. The summed E-state index contributed by atoms with van der Waals surface area (Å²) in [6.07, 6.45) is 9.85. The number of rotatable bonds is 1. The second-order valence-electron chi connectivity index (χ2n) is 10.6. The highest BCUT2D eigenvalue weighted by Crippen LogP contribution is 2.68. The molecule has 1 aromatic rings. The average molecular weight is 418 g/mol. The van der Waals surface area contributed by atoms with Crippen molar-refractivity contribution in [1.82, 2.24) is 0 Å². The van der Waals surface area contributed by atoms with E-state index in [0.29, 0.717) is 35.9 Å². The number of benzene rings is 1. The van der Waals surface area contributed by atoms with E-state index in [4.69, 9.17) is 4.74 Å². The van der Waals surface area contributed by atoms with Crippen molar-refractivity contribution in [3.8, 4) is 0 Å². The fourth-order valence-electron chi connectivity index (χ4n) is 8.20. The van der Waals surface area contributed by atoms with Gasteiger partial charge in [-0.3, -0.25) is 4.79 Å². The van der Waals surface area contributed by atoms with Gasteiger partial charge < -0.3 is 4.74 Å². The number of allylic oxidation sites excluding steroid dienone is 1. The zero-order chi connectivity index (χ0) is 21.4. The highest BCUT2D eigenvalue weighted by Gasteiger charge is 2.69.